The first kappa shape index (κ1) is 18.4. The lowest BCUT2D eigenvalue weighted by atomic mass is 10.1. The van der Waals surface area contributed by atoms with Crippen molar-refractivity contribution in [3.05, 3.63) is 71.9 Å². The van der Waals surface area contributed by atoms with Gasteiger partial charge in [0.2, 0.25) is 0 Å². The van der Waals surface area contributed by atoms with E-state index in [2.05, 4.69) is 19.9 Å². The van der Waals surface area contributed by atoms with E-state index in [1.165, 1.54) is 18.5 Å². The third-order valence-electron chi connectivity index (χ3n) is 4.59. The monoisotopic (exact) mass is 387 g/mol. The van der Waals surface area contributed by atoms with Crippen molar-refractivity contribution in [2.75, 3.05) is 17.7 Å². The van der Waals surface area contributed by atoms with Gasteiger partial charge in [-0.05, 0) is 29.8 Å². The molecule has 0 unspecified atom stereocenters. The summed E-state index contributed by atoms with van der Waals surface area (Å²) in [6, 6.07) is 12.0. The van der Waals surface area contributed by atoms with Crippen LogP contribution in [0.25, 0.3) is 22.3 Å². The van der Waals surface area contributed by atoms with Crippen molar-refractivity contribution in [3.8, 4) is 11.3 Å². The van der Waals surface area contributed by atoms with Crippen LogP contribution in [0.4, 0.5) is 16.0 Å². The van der Waals surface area contributed by atoms with Crippen LogP contribution in [0.1, 0.15) is 11.1 Å². The van der Waals surface area contributed by atoms with Crippen LogP contribution < -0.4 is 10.6 Å². The van der Waals surface area contributed by atoms with Gasteiger partial charge in [-0.2, -0.15) is 0 Å². The van der Waals surface area contributed by atoms with Crippen LogP contribution in [0.2, 0.25) is 0 Å². The van der Waals surface area contributed by atoms with E-state index in [0.29, 0.717) is 29.1 Å². The van der Waals surface area contributed by atoms with Crippen molar-refractivity contribution in [3.63, 3.8) is 0 Å². The Morgan fingerprint density at radius 2 is 1.86 bits per heavy atom. The first-order valence-corrected chi connectivity index (χ1v) is 8.89. The number of nitrogens with zero attached hydrogens (tertiary/aromatic N) is 5. The highest BCUT2D eigenvalue weighted by Gasteiger charge is 2.12. The number of nitrogen functional groups attached to an aromatic ring is 1. The topological polar surface area (TPSA) is 105 Å². The molecule has 0 aliphatic carbocycles. The molecule has 0 aliphatic rings. The quantitative estimate of drug-likeness (QED) is 0.508. The number of nitrogens with one attached hydrogen (secondary N) is 1. The molecule has 29 heavy (non-hydrogen) atoms. The van der Waals surface area contributed by atoms with E-state index in [1.54, 1.807) is 18.3 Å². The predicted octanol–water partition coefficient (Wildman–Crippen LogP) is 3.44. The van der Waals surface area contributed by atoms with Gasteiger partial charge < -0.3 is 16.0 Å². The summed E-state index contributed by atoms with van der Waals surface area (Å²) in [5, 5.41) is 7.58. The van der Waals surface area contributed by atoms with Crippen molar-refractivity contribution in [1.29, 1.82) is 5.41 Å². The molecule has 0 fully saturated rings. The molecule has 144 valence electrons. The summed E-state index contributed by atoms with van der Waals surface area (Å²) in [4.78, 5) is 19.3. The summed E-state index contributed by atoms with van der Waals surface area (Å²) < 4.78 is 13.1. The number of anilines is 2. The number of halogens is 1. The fraction of sp³-hybridized carbons (Fsp3) is 0.0952. The van der Waals surface area contributed by atoms with Crippen molar-refractivity contribution < 1.29 is 4.39 Å². The molecule has 0 bridgehead atoms. The van der Waals surface area contributed by atoms with Crippen molar-refractivity contribution in [1.82, 2.24) is 19.9 Å². The van der Waals surface area contributed by atoms with Gasteiger partial charge in [0.25, 0.3) is 0 Å². The molecule has 2 aromatic heterocycles. The number of nitrogens with two attached hydrogens (primary N) is 1. The predicted molar refractivity (Wildman–Crippen MR) is 111 cm³/mol. The number of hydrogen-bond donors (Lipinski definition) is 2. The number of fused-ring (bicyclic) bond motifs is 1. The van der Waals surface area contributed by atoms with Gasteiger partial charge in [-0.25, -0.2) is 19.3 Å². The lowest BCUT2D eigenvalue weighted by Gasteiger charge is -2.18. The number of rotatable bonds is 5. The maximum atomic E-state index is 13.1. The van der Waals surface area contributed by atoms with Gasteiger partial charge in [-0.1, -0.05) is 18.2 Å². The summed E-state index contributed by atoms with van der Waals surface area (Å²) in [5.74, 6) is 0.712. The second-order valence-electron chi connectivity index (χ2n) is 6.58. The first-order chi connectivity index (χ1) is 14.0. The van der Waals surface area contributed by atoms with Crippen molar-refractivity contribution >= 4 is 28.9 Å². The summed E-state index contributed by atoms with van der Waals surface area (Å²) in [5.41, 5.74) is 10.1. The number of hydrogen-bond acceptors (Lipinski definition) is 7. The highest BCUT2D eigenvalue weighted by atomic mass is 19.1. The fourth-order valence-corrected chi connectivity index (χ4v) is 3.06. The van der Waals surface area contributed by atoms with Crippen molar-refractivity contribution in [2.45, 2.75) is 6.54 Å². The SMILES string of the molecule is CN(Cc1ccc(F)cc1)c1cnc2cc(-c3ncnc(N)c3C=N)ccc2n1. The van der Waals surface area contributed by atoms with Gasteiger partial charge in [0, 0.05) is 25.4 Å². The second kappa shape index (κ2) is 7.59. The molecule has 0 saturated carbocycles. The Bertz CT molecular complexity index is 1190. The number of aromatic nitrogens is 4. The molecular weight excluding hydrogens is 369 g/mol. The largest absolute Gasteiger partial charge is 0.383 e. The van der Waals surface area contributed by atoms with E-state index in [9.17, 15) is 4.39 Å². The maximum Gasteiger partial charge on any atom is 0.147 e. The van der Waals surface area contributed by atoms with Crippen molar-refractivity contribution in [2.24, 2.45) is 0 Å². The van der Waals surface area contributed by atoms with Gasteiger partial charge in [0.15, 0.2) is 0 Å². The van der Waals surface area contributed by atoms with E-state index < -0.39 is 0 Å². The van der Waals surface area contributed by atoms with Gasteiger partial charge in [0.05, 0.1) is 28.5 Å². The van der Waals surface area contributed by atoms with Crippen LogP contribution >= 0.6 is 0 Å². The fourth-order valence-electron chi connectivity index (χ4n) is 3.06. The Morgan fingerprint density at radius 1 is 1.07 bits per heavy atom. The molecule has 3 N–H and O–H groups in total. The van der Waals surface area contributed by atoms with Crippen LogP contribution in [0, 0.1) is 11.2 Å². The number of benzene rings is 2. The van der Waals surface area contributed by atoms with Gasteiger partial charge in [-0.15, -0.1) is 0 Å². The molecule has 0 aliphatic heterocycles. The molecule has 0 radical (unpaired) electrons. The standard InChI is InChI=1S/C21H18FN7/c1-29(11-13-2-5-15(22)6-3-13)19-10-25-18-8-14(4-7-17(18)28-19)20-16(9-23)21(24)27-12-26-20/h2-10,12,23H,11H2,1H3,(H2,24,26,27). The van der Waals surface area contributed by atoms with E-state index in [0.717, 1.165) is 22.9 Å². The molecule has 8 heteroatoms. The Hall–Kier alpha value is -3.94. The summed E-state index contributed by atoms with van der Waals surface area (Å²) >= 11 is 0. The van der Waals surface area contributed by atoms with Gasteiger partial charge >= 0.3 is 0 Å². The maximum absolute atomic E-state index is 13.1. The highest BCUT2D eigenvalue weighted by molar-refractivity contribution is 5.93. The lowest BCUT2D eigenvalue weighted by Crippen LogP contribution is -2.18. The van der Waals surface area contributed by atoms with E-state index >= 15 is 0 Å². The van der Waals surface area contributed by atoms with E-state index in [4.69, 9.17) is 11.1 Å². The third kappa shape index (κ3) is 3.73. The molecule has 0 saturated heterocycles. The average molecular weight is 387 g/mol. The Morgan fingerprint density at radius 3 is 2.62 bits per heavy atom. The van der Waals surface area contributed by atoms with Gasteiger partial charge in [-0.3, -0.25) is 4.98 Å². The third-order valence-corrected chi connectivity index (χ3v) is 4.59. The van der Waals surface area contributed by atoms with E-state index in [-0.39, 0.29) is 11.6 Å². The second-order valence-corrected chi connectivity index (χ2v) is 6.58. The Labute approximate surface area is 166 Å². The average Bonchev–Trinajstić information content (AvgIpc) is 2.74. The minimum absolute atomic E-state index is 0.255. The van der Waals surface area contributed by atoms with Crippen LogP contribution in [0.3, 0.4) is 0 Å². The molecular formula is C21H18FN7. The molecule has 0 atom stereocenters. The molecule has 0 amide bonds. The van der Waals surface area contributed by atoms with Crippen LogP contribution in [-0.2, 0) is 6.54 Å². The summed E-state index contributed by atoms with van der Waals surface area (Å²) in [6.45, 7) is 0.585. The van der Waals surface area contributed by atoms with Crippen LogP contribution in [-0.4, -0.2) is 33.2 Å². The van der Waals surface area contributed by atoms with Crippen LogP contribution in [0.15, 0.2) is 55.0 Å². The zero-order valence-corrected chi connectivity index (χ0v) is 15.7. The molecule has 4 rings (SSSR count). The minimum Gasteiger partial charge on any atom is -0.383 e. The Balaban J connectivity index is 1.64. The lowest BCUT2D eigenvalue weighted by molar-refractivity contribution is 0.627. The van der Waals surface area contributed by atoms with E-state index in [1.807, 2.05) is 30.1 Å². The first-order valence-electron chi connectivity index (χ1n) is 8.89. The molecule has 2 heterocycles. The van der Waals surface area contributed by atoms with Crippen LogP contribution in [0.5, 0.6) is 0 Å². The highest BCUT2D eigenvalue weighted by Crippen LogP contribution is 2.26. The zero-order chi connectivity index (χ0) is 20.4. The molecule has 0 spiro atoms. The summed E-state index contributed by atoms with van der Waals surface area (Å²) in [6.07, 6.45) is 4.22. The molecule has 2 aromatic carbocycles. The Kier molecular flexibility index (Phi) is 4.82. The normalized spacial score (nSPS) is 10.8. The smallest absolute Gasteiger partial charge is 0.147 e. The molecule has 7 nitrogen and oxygen atoms in total. The minimum atomic E-state index is -0.255. The summed E-state index contributed by atoms with van der Waals surface area (Å²) in [7, 11) is 1.91. The van der Waals surface area contributed by atoms with Gasteiger partial charge in [0.1, 0.15) is 23.8 Å². The zero-order valence-electron chi connectivity index (χ0n) is 15.7. The molecule has 4 aromatic rings.